The SMILES string of the molecule is CCO[C@@H]1C[C@H](C(=O)Nc2ccc(N3CCOCC3=O)cc2)N(C(=O)C=Cc2ccc(Cl)c(Cl)c2)C1. The van der Waals surface area contributed by atoms with Gasteiger partial charge in [-0.25, -0.2) is 0 Å². The second-order valence-electron chi connectivity index (χ2n) is 8.46. The van der Waals surface area contributed by atoms with E-state index in [1.54, 1.807) is 53.4 Å². The van der Waals surface area contributed by atoms with Crippen LogP contribution in [0.25, 0.3) is 6.08 Å². The van der Waals surface area contributed by atoms with Crippen molar-refractivity contribution >= 4 is 58.4 Å². The topological polar surface area (TPSA) is 88.2 Å². The van der Waals surface area contributed by atoms with Crippen LogP contribution in [0.2, 0.25) is 10.0 Å². The van der Waals surface area contributed by atoms with Crippen molar-refractivity contribution in [2.75, 3.05) is 43.1 Å². The second-order valence-corrected chi connectivity index (χ2v) is 9.27. The molecule has 0 unspecified atom stereocenters. The molecule has 0 aliphatic carbocycles. The molecule has 10 heteroatoms. The molecule has 2 saturated heterocycles. The van der Waals surface area contributed by atoms with Crippen molar-refractivity contribution in [3.8, 4) is 0 Å². The molecule has 3 amide bonds. The molecule has 0 spiro atoms. The first-order chi connectivity index (χ1) is 17.4. The molecule has 0 bridgehead atoms. The highest BCUT2D eigenvalue weighted by atomic mass is 35.5. The highest BCUT2D eigenvalue weighted by molar-refractivity contribution is 6.42. The summed E-state index contributed by atoms with van der Waals surface area (Å²) < 4.78 is 10.9. The van der Waals surface area contributed by atoms with Crippen LogP contribution in [0.1, 0.15) is 18.9 Å². The van der Waals surface area contributed by atoms with E-state index < -0.39 is 6.04 Å². The molecule has 2 atom stereocenters. The molecule has 4 rings (SSSR count). The normalized spacial score (nSPS) is 20.2. The van der Waals surface area contributed by atoms with E-state index >= 15 is 0 Å². The Balaban J connectivity index is 1.44. The maximum Gasteiger partial charge on any atom is 0.253 e. The summed E-state index contributed by atoms with van der Waals surface area (Å²) in [6, 6.07) is 11.4. The molecule has 2 aliphatic heterocycles. The van der Waals surface area contributed by atoms with E-state index in [1.165, 1.54) is 11.0 Å². The van der Waals surface area contributed by atoms with Gasteiger partial charge >= 0.3 is 0 Å². The molecule has 2 aliphatic rings. The van der Waals surface area contributed by atoms with Crippen LogP contribution >= 0.6 is 23.2 Å². The number of hydrogen-bond donors (Lipinski definition) is 1. The van der Waals surface area contributed by atoms with Crippen molar-refractivity contribution in [2.45, 2.75) is 25.5 Å². The van der Waals surface area contributed by atoms with Gasteiger partial charge in [0.1, 0.15) is 12.6 Å². The molecule has 2 aromatic rings. The first kappa shape index (κ1) is 26.2. The van der Waals surface area contributed by atoms with Crippen LogP contribution in [0, 0.1) is 0 Å². The molecule has 190 valence electrons. The standard InChI is InChI=1S/C26H27Cl2N3O5/c1-2-36-20-14-23(31(15-20)24(32)10-4-17-3-9-21(27)22(28)13-17)26(34)29-18-5-7-19(8-6-18)30-11-12-35-16-25(30)33/h3-10,13,20,23H,2,11-12,14-16H2,1H3,(H,29,34)/t20-,23-/m1/s1. The summed E-state index contributed by atoms with van der Waals surface area (Å²) >= 11 is 12.0. The van der Waals surface area contributed by atoms with Gasteiger partial charge in [-0.05, 0) is 55.0 Å². The van der Waals surface area contributed by atoms with E-state index in [4.69, 9.17) is 32.7 Å². The zero-order valence-electron chi connectivity index (χ0n) is 19.8. The quantitative estimate of drug-likeness (QED) is 0.545. The number of carbonyl (C=O) groups is 3. The molecule has 2 fully saturated rings. The van der Waals surface area contributed by atoms with Crippen LogP contribution in [0.5, 0.6) is 0 Å². The number of benzene rings is 2. The monoisotopic (exact) mass is 531 g/mol. The van der Waals surface area contributed by atoms with Gasteiger partial charge in [0.25, 0.3) is 5.91 Å². The first-order valence-electron chi connectivity index (χ1n) is 11.7. The molecule has 36 heavy (non-hydrogen) atoms. The Bertz CT molecular complexity index is 1150. The van der Waals surface area contributed by atoms with E-state index in [2.05, 4.69) is 5.32 Å². The lowest BCUT2D eigenvalue weighted by molar-refractivity contribution is -0.132. The van der Waals surface area contributed by atoms with Crippen LogP contribution in [-0.2, 0) is 23.9 Å². The Morgan fingerprint density at radius 2 is 1.94 bits per heavy atom. The second kappa shape index (κ2) is 11.9. The summed E-state index contributed by atoms with van der Waals surface area (Å²) in [4.78, 5) is 41.4. The summed E-state index contributed by atoms with van der Waals surface area (Å²) in [6.45, 7) is 3.71. The Morgan fingerprint density at radius 1 is 1.17 bits per heavy atom. The van der Waals surface area contributed by atoms with Crippen LogP contribution in [0.15, 0.2) is 48.5 Å². The lowest BCUT2D eigenvalue weighted by Gasteiger charge is -2.27. The molecular weight excluding hydrogens is 505 g/mol. The highest BCUT2D eigenvalue weighted by Crippen LogP contribution is 2.26. The van der Waals surface area contributed by atoms with Gasteiger partial charge in [-0.3, -0.25) is 14.4 Å². The average Bonchev–Trinajstić information content (AvgIpc) is 3.30. The maximum absolute atomic E-state index is 13.2. The summed E-state index contributed by atoms with van der Waals surface area (Å²) in [5.41, 5.74) is 2.03. The largest absolute Gasteiger partial charge is 0.377 e. The summed E-state index contributed by atoms with van der Waals surface area (Å²) in [6.07, 6.45) is 3.22. The Hall–Kier alpha value is -2.91. The third-order valence-corrected chi connectivity index (χ3v) is 6.78. The minimum Gasteiger partial charge on any atom is -0.377 e. The predicted molar refractivity (Wildman–Crippen MR) is 139 cm³/mol. The lowest BCUT2D eigenvalue weighted by Crippen LogP contribution is -2.42. The third-order valence-electron chi connectivity index (χ3n) is 6.05. The Labute approximate surface area is 219 Å². The summed E-state index contributed by atoms with van der Waals surface area (Å²) in [5, 5.41) is 3.71. The zero-order chi connectivity index (χ0) is 25.7. The minimum absolute atomic E-state index is 0.0601. The number of rotatable bonds is 7. The molecule has 2 aromatic carbocycles. The molecule has 0 radical (unpaired) electrons. The average molecular weight is 532 g/mol. The van der Waals surface area contributed by atoms with Crippen molar-refractivity contribution in [3.05, 3.63) is 64.1 Å². The number of morpholine rings is 1. The fourth-order valence-corrected chi connectivity index (χ4v) is 4.57. The van der Waals surface area contributed by atoms with Crippen LogP contribution in [-0.4, -0.2) is 67.7 Å². The molecule has 8 nitrogen and oxygen atoms in total. The minimum atomic E-state index is -0.687. The van der Waals surface area contributed by atoms with Crippen LogP contribution in [0.3, 0.4) is 0 Å². The van der Waals surface area contributed by atoms with Crippen LogP contribution < -0.4 is 10.2 Å². The van der Waals surface area contributed by atoms with E-state index in [0.717, 1.165) is 11.3 Å². The number of ether oxygens (including phenoxy) is 2. The number of likely N-dealkylation sites (tertiary alicyclic amines) is 1. The van der Waals surface area contributed by atoms with E-state index in [9.17, 15) is 14.4 Å². The number of halogens is 2. The molecule has 0 saturated carbocycles. The van der Waals surface area contributed by atoms with E-state index in [-0.39, 0.29) is 30.4 Å². The Kier molecular flexibility index (Phi) is 8.64. The van der Waals surface area contributed by atoms with Crippen molar-refractivity contribution in [1.29, 1.82) is 0 Å². The molecule has 2 heterocycles. The zero-order valence-corrected chi connectivity index (χ0v) is 21.3. The smallest absolute Gasteiger partial charge is 0.253 e. The first-order valence-corrected chi connectivity index (χ1v) is 12.5. The van der Waals surface area contributed by atoms with Crippen molar-refractivity contribution in [3.63, 3.8) is 0 Å². The fraction of sp³-hybridized carbons (Fsp3) is 0.346. The number of amides is 3. The third kappa shape index (κ3) is 6.25. The number of nitrogens with zero attached hydrogens (tertiary/aromatic N) is 2. The van der Waals surface area contributed by atoms with Crippen LogP contribution in [0.4, 0.5) is 11.4 Å². The molecule has 1 N–H and O–H groups in total. The highest BCUT2D eigenvalue weighted by Gasteiger charge is 2.39. The van der Waals surface area contributed by atoms with Crippen molar-refractivity contribution in [2.24, 2.45) is 0 Å². The van der Waals surface area contributed by atoms with E-state index in [1.807, 2.05) is 6.92 Å². The number of nitrogens with one attached hydrogen (secondary N) is 1. The van der Waals surface area contributed by atoms with Gasteiger partial charge in [-0.15, -0.1) is 0 Å². The van der Waals surface area contributed by atoms with Gasteiger partial charge in [0, 0.05) is 43.6 Å². The van der Waals surface area contributed by atoms with Gasteiger partial charge < -0.3 is 24.6 Å². The molecular formula is C26H27Cl2N3O5. The Morgan fingerprint density at radius 3 is 2.64 bits per heavy atom. The van der Waals surface area contributed by atoms with Gasteiger partial charge in [-0.2, -0.15) is 0 Å². The number of hydrogen-bond acceptors (Lipinski definition) is 5. The molecule has 0 aromatic heterocycles. The van der Waals surface area contributed by atoms with Crippen molar-refractivity contribution < 1.29 is 23.9 Å². The van der Waals surface area contributed by atoms with Gasteiger partial charge in [0.15, 0.2) is 0 Å². The number of carbonyl (C=O) groups excluding carboxylic acids is 3. The maximum atomic E-state index is 13.2. The lowest BCUT2D eigenvalue weighted by atomic mass is 10.1. The van der Waals surface area contributed by atoms with E-state index in [0.29, 0.717) is 48.5 Å². The van der Waals surface area contributed by atoms with Gasteiger partial charge in [-0.1, -0.05) is 29.3 Å². The van der Waals surface area contributed by atoms with Gasteiger partial charge in [0.2, 0.25) is 11.8 Å². The summed E-state index contributed by atoms with van der Waals surface area (Å²) in [7, 11) is 0. The van der Waals surface area contributed by atoms with Crippen molar-refractivity contribution in [1.82, 2.24) is 4.90 Å². The number of anilines is 2. The fourth-order valence-electron chi connectivity index (χ4n) is 4.27. The summed E-state index contributed by atoms with van der Waals surface area (Å²) in [5.74, 6) is -0.706. The predicted octanol–water partition coefficient (Wildman–Crippen LogP) is 4.01. The van der Waals surface area contributed by atoms with Gasteiger partial charge in [0.05, 0.1) is 22.8 Å².